The fourth-order valence-corrected chi connectivity index (χ4v) is 6.25. The normalized spacial score (nSPS) is 14.3. The van der Waals surface area contributed by atoms with Crippen LogP contribution in [0.4, 0.5) is 10.8 Å². The molecule has 240 valence electrons. The van der Waals surface area contributed by atoms with Crippen molar-refractivity contribution in [2.24, 2.45) is 5.92 Å². The molecule has 0 spiro atoms. The Labute approximate surface area is 265 Å². The van der Waals surface area contributed by atoms with Crippen LogP contribution < -0.4 is 35.6 Å². The van der Waals surface area contributed by atoms with Crippen molar-refractivity contribution in [3.63, 3.8) is 0 Å². The molecular weight excluding hydrogens is 600 g/mol. The van der Waals surface area contributed by atoms with Gasteiger partial charge in [0.15, 0.2) is 22.3 Å². The number of hydrogen-bond donors (Lipinski definition) is 3. The highest BCUT2D eigenvalue weighted by Crippen LogP contribution is 2.50. The first-order valence-electron chi connectivity index (χ1n) is 14.3. The number of hydrogen-bond acceptors (Lipinski definition) is 11. The average Bonchev–Trinajstić information content (AvgIpc) is 3.20. The van der Waals surface area contributed by atoms with E-state index in [1.807, 2.05) is 19.9 Å². The first-order valence-corrected chi connectivity index (χ1v) is 15.2. The fourth-order valence-electron chi connectivity index (χ4n) is 5.45. The molecule has 12 nitrogen and oxygen atoms in total. The van der Waals surface area contributed by atoms with Crippen molar-refractivity contribution in [1.82, 2.24) is 10.3 Å². The van der Waals surface area contributed by atoms with E-state index in [9.17, 15) is 19.2 Å². The van der Waals surface area contributed by atoms with Gasteiger partial charge in [0.25, 0.3) is 0 Å². The molecule has 4 rings (SSSR count). The molecule has 0 fully saturated rings. The molecule has 3 aromatic rings. The molecule has 13 heteroatoms. The number of nitrogens with zero attached hydrogens (tertiary/aromatic N) is 1. The number of ether oxygens (including phenoxy) is 4. The van der Waals surface area contributed by atoms with E-state index in [-0.39, 0.29) is 33.8 Å². The highest BCUT2D eigenvalue weighted by molar-refractivity contribution is 7.16. The maximum Gasteiger partial charge on any atom is 0.357 e. The number of amides is 2. The van der Waals surface area contributed by atoms with Gasteiger partial charge in [0.1, 0.15) is 6.04 Å². The first kappa shape index (κ1) is 33.2. The predicted octanol–water partition coefficient (Wildman–Crippen LogP) is 4.49. The lowest BCUT2D eigenvalue weighted by Crippen LogP contribution is -2.39. The van der Waals surface area contributed by atoms with Gasteiger partial charge >= 0.3 is 5.97 Å². The summed E-state index contributed by atoms with van der Waals surface area (Å²) < 4.78 is 21.8. The van der Waals surface area contributed by atoms with Gasteiger partial charge in [0.05, 0.1) is 40.2 Å². The lowest BCUT2D eigenvalue weighted by Gasteiger charge is -2.21. The Balaban J connectivity index is 1.81. The molecule has 2 amide bonds. The number of fused-ring (bicyclic) bond motifs is 3. The summed E-state index contributed by atoms with van der Waals surface area (Å²) in [6, 6.07) is 5.48. The SMILES string of the molecule is COC(=O)c1nc(NC(=O)[C@H](Nc2ccc3c(cc2=O)[C@H](NC(C)=O)CCc2cc(OC)c(OC)c(OC)c2-3)C(C)C)sc1C. The summed E-state index contributed by atoms with van der Waals surface area (Å²) in [5, 5.41) is 9.12. The maximum absolute atomic E-state index is 13.8. The molecule has 0 unspecified atom stereocenters. The van der Waals surface area contributed by atoms with Gasteiger partial charge in [-0.1, -0.05) is 19.9 Å². The number of aryl methyl sites for hydroxylation is 2. The van der Waals surface area contributed by atoms with Gasteiger partial charge in [-0.2, -0.15) is 0 Å². The number of rotatable bonds is 10. The van der Waals surface area contributed by atoms with Crippen LogP contribution in [0.2, 0.25) is 0 Å². The van der Waals surface area contributed by atoms with Crippen molar-refractivity contribution < 1.29 is 33.3 Å². The summed E-state index contributed by atoms with van der Waals surface area (Å²) >= 11 is 1.15. The largest absolute Gasteiger partial charge is 0.493 e. The molecule has 0 bridgehead atoms. The van der Waals surface area contributed by atoms with Crippen LogP contribution in [0, 0.1) is 12.8 Å². The van der Waals surface area contributed by atoms with E-state index in [4.69, 9.17) is 18.9 Å². The molecule has 3 N–H and O–H groups in total. The van der Waals surface area contributed by atoms with Gasteiger partial charge in [-0.15, -0.1) is 11.3 Å². The van der Waals surface area contributed by atoms with Crippen molar-refractivity contribution >= 4 is 39.9 Å². The van der Waals surface area contributed by atoms with Gasteiger partial charge in [-0.05, 0) is 60.6 Å². The maximum atomic E-state index is 13.8. The number of benzene rings is 1. The van der Waals surface area contributed by atoms with Crippen LogP contribution in [0.3, 0.4) is 0 Å². The molecule has 0 radical (unpaired) electrons. The lowest BCUT2D eigenvalue weighted by atomic mass is 9.95. The molecule has 0 saturated carbocycles. The number of thiazole rings is 1. The standard InChI is InChI=1S/C32H38N4O8S/c1-15(2)26(30(39)36-32-35-27(16(3)45-32)31(40)44-8)34-22-12-10-19-20(14-23(22)38)21(33-17(4)37)11-9-18-13-24(41-5)28(42-6)29(43-7)25(18)19/h10,12-15,21,26H,9,11H2,1-8H3,(H,33,37)(H,34,38)(H,35,36,39)/t21-,26-/m1/s1. The number of anilines is 2. The van der Waals surface area contributed by atoms with Crippen LogP contribution in [0.1, 0.15) is 59.7 Å². The minimum atomic E-state index is -0.831. The Hall–Kier alpha value is -4.65. The second kappa shape index (κ2) is 14.0. The summed E-state index contributed by atoms with van der Waals surface area (Å²) in [5.41, 5.74) is 2.84. The minimum Gasteiger partial charge on any atom is -0.493 e. The van der Waals surface area contributed by atoms with Crippen molar-refractivity contribution in [3.05, 3.63) is 56.2 Å². The fraction of sp³-hybridized carbons (Fsp3) is 0.406. The van der Waals surface area contributed by atoms with E-state index in [0.717, 1.165) is 22.5 Å². The quantitative estimate of drug-likeness (QED) is 0.271. The van der Waals surface area contributed by atoms with Gasteiger partial charge < -0.3 is 34.9 Å². The third-order valence-electron chi connectivity index (χ3n) is 7.58. The van der Waals surface area contributed by atoms with E-state index in [1.165, 1.54) is 34.3 Å². The summed E-state index contributed by atoms with van der Waals surface area (Å²) in [5.74, 6) is -0.155. The monoisotopic (exact) mass is 638 g/mol. The van der Waals surface area contributed by atoms with E-state index in [1.54, 1.807) is 26.2 Å². The zero-order valence-electron chi connectivity index (χ0n) is 26.6. The lowest BCUT2D eigenvalue weighted by molar-refractivity contribution is -0.120. The highest BCUT2D eigenvalue weighted by atomic mass is 32.1. The zero-order chi connectivity index (χ0) is 33.0. The minimum absolute atomic E-state index is 0.129. The van der Waals surface area contributed by atoms with Crippen LogP contribution in [-0.4, -0.2) is 57.2 Å². The molecule has 1 aliphatic rings. The third kappa shape index (κ3) is 6.88. The smallest absolute Gasteiger partial charge is 0.357 e. The van der Waals surface area contributed by atoms with Crippen LogP contribution >= 0.6 is 11.3 Å². The Morgan fingerprint density at radius 1 is 1.02 bits per heavy atom. The number of methoxy groups -OCH3 is 4. The van der Waals surface area contributed by atoms with E-state index in [2.05, 4.69) is 20.9 Å². The van der Waals surface area contributed by atoms with E-state index in [0.29, 0.717) is 46.1 Å². The molecule has 1 aliphatic carbocycles. The number of esters is 1. The average molecular weight is 639 g/mol. The van der Waals surface area contributed by atoms with Crippen LogP contribution in [0.15, 0.2) is 29.1 Å². The predicted molar refractivity (Wildman–Crippen MR) is 172 cm³/mol. The number of nitrogens with one attached hydrogen (secondary N) is 3. The van der Waals surface area contributed by atoms with Crippen LogP contribution in [-0.2, 0) is 20.7 Å². The Morgan fingerprint density at radius 3 is 2.33 bits per heavy atom. The Morgan fingerprint density at radius 2 is 1.73 bits per heavy atom. The van der Waals surface area contributed by atoms with Gasteiger partial charge in [0.2, 0.25) is 23.0 Å². The van der Waals surface area contributed by atoms with Crippen molar-refractivity contribution in [3.8, 4) is 28.4 Å². The van der Waals surface area contributed by atoms with Gasteiger partial charge in [-0.3, -0.25) is 14.4 Å². The zero-order valence-corrected chi connectivity index (χ0v) is 27.4. The van der Waals surface area contributed by atoms with E-state index < -0.39 is 24.0 Å². The molecule has 2 aromatic carbocycles. The van der Waals surface area contributed by atoms with Crippen molar-refractivity contribution in [2.75, 3.05) is 39.1 Å². The molecule has 1 aromatic heterocycles. The number of carbonyl (C=O) groups is 3. The topological polar surface area (TPSA) is 154 Å². The Bertz CT molecular complexity index is 1690. The van der Waals surface area contributed by atoms with Gasteiger partial charge in [0, 0.05) is 17.4 Å². The summed E-state index contributed by atoms with van der Waals surface area (Å²) in [6.07, 6.45) is 1.08. The van der Waals surface area contributed by atoms with Crippen LogP contribution in [0.25, 0.3) is 11.1 Å². The summed E-state index contributed by atoms with van der Waals surface area (Å²) in [7, 11) is 5.86. The highest BCUT2D eigenvalue weighted by Gasteiger charge is 2.30. The molecule has 0 saturated heterocycles. The van der Waals surface area contributed by atoms with E-state index >= 15 is 0 Å². The summed E-state index contributed by atoms with van der Waals surface area (Å²) in [6.45, 7) is 6.84. The second-order valence-electron chi connectivity index (χ2n) is 10.9. The second-order valence-corrected chi connectivity index (χ2v) is 12.1. The molecule has 2 atom stereocenters. The molecule has 1 heterocycles. The third-order valence-corrected chi connectivity index (χ3v) is 8.47. The van der Waals surface area contributed by atoms with Crippen molar-refractivity contribution in [2.45, 2.75) is 52.6 Å². The number of carbonyl (C=O) groups excluding carboxylic acids is 3. The van der Waals surface area contributed by atoms with Crippen molar-refractivity contribution in [1.29, 1.82) is 0 Å². The summed E-state index contributed by atoms with van der Waals surface area (Å²) in [4.78, 5) is 56.3. The van der Waals surface area contributed by atoms with Crippen LogP contribution in [0.5, 0.6) is 17.2 Å². The number of aromatic nitrogens is 1. The Kier molecular flexibility index (Phi) is 10.3. The molecule has 45 heavy (non-hydrogen) atoms. The van der Waals surface area contributed by atoms with Gasteiger partial charge in [-0.25, -0.2) is 9.78 Å². The molecule has 0 aliphatic heterocycles. The molecular formula is C32H38N4O8S. The first-order chi connectivity index (χ1) is 21.4.